The van der Waals surface area contributed by atoms with Crippen LogP contribution in [-0.2, 0) is 9.59 Å². The van der Waals surface area contributed by atoms with Gasteiger partial charge in [0, 0.05) is 6.42 Å². The Labute approximate surface area is 151 Å². The van der Waals surface area contributed by atoms with Gasteiger partial charge in [-0.15, -0.1) is 0 Å². The normalized spacial score (nSPS) is 11.7. The molecule has 118 valence electrons. The number of hydrogen-bond acceptors (Lipinski definition) is 3. The van der Waals surface area contributed by atoms with Gasteiger partial charge in [0.25, 0.3) is 0 Å². The summed E-state index contributed by atoms with van der Waals surface area (Å²) < 4.78 is 0. The van der Waals surface area contributed by atoms with Crippen LogP contribution >= 0.6 is 0 Å². The zero-order valence-corrected chi connectivity index (χ0v) is 16.1. The van der Waals surface area contributed by atoms with E-state index in [0.29, 0.717) is 6.42 Å². The maximum Gasteiger partial charge on any atom is 1.00 e. The number of carboxylic acid groups (broad SMARTS) is 1. The third-order valence-corrected chi connectivity index (χ3v) is 3.54. The molecule has 0 spiro atoms. The van der Waals surface area contributed by atoms with Crippen LogP contribution in [0.2, 0.25) is 0 Å². The second-order valence-corrected chi connectivity index (χ2v) is 5.56. The van der Waals surface area contributed by atoms with Crippen molar-refractivity contribution in [1.29, 1.82) is 0 Å². The van der Waals surface area contributed by atoms with Gasteiger partial charge >= 0.3 is 35.5 Å². The van der Waals surface area contributed by atoms with Crippen LogP contribution in [0.5, 0.6) is 0 Å². The van der Waals surface area contributed by atoms with Crippen molar-refractivity contribution in [2.45, 2.75) is 84.1 Å². The number of carbonyl (C=O) groups is 2. The fourth-order valence-corrected chi connectivity index (χ4v) is 2.08. The van der Waals surface area contributed by atoms with Crippen molar-refractivity contribution in [2.75, 3.05) is 6.54 Å². The summed E-state index contributed by atoms with van der Waals surface area (Å²) in [5, 5.41) is 11.4. The first kappa shape index (κ1) is 23.4. The van der Waals surface area contributed by atoms with Crippen molar-refractivity contribution < 1.29 is 44.3 Å². The minimum absolute atomic E-state index is 0. The first-order chi connectivity index (χ1) is 9.57. The van der Waals surface area contributed by atoms with E-state index in [1.165, 1.54) is 44.9 Å². The Morgan fingerprint density at radius 3 is 1.90 bits per heavy atom. The number of hydrogen-bond donors (Lipinski definition) is 2. The predicted octanol–water partition coefficient (Wildman–Crippen LogP) is 0.543. The van der Waals surface area contributed by atoms with Crippen LogP contribution in [0.4, 0.5) is 0 Å². The van der Waals surface area contributed by atoms with Gasteiger partial charge in [0.1, 0.15) is 11.8 Å². The molecule has 5 heteroatoms. The molecule has 0 radical (unpaired) electrons. The van der Waals surface area contributed by atoms with Crippen molar-refractivity contribution in [3.63, 3.8) is 0 Å². The molecule has 0 aliphatic rings. The van der Waals surface area contributed by atoms with Gasteiger partial charge < -0.3 is 5.11 Å². The molecule has 0 rings (SSSR count). The smallest absolute Gasteiger partial charge is 0.480 e. The Balaban J connectivity index is 0. The molecule has 0 aromatic heterocycles. The summed E-state index contributed by atoms with van der Waals surface area (Å²) in [6.07, 6.45) is 11.7. The maximum atomic E-state index is 11.5. The van der Waals surface area contributed by atoms with Gasteiger partial charge in [0.2, 0.25) is 0 Å². The summed E-state index contributed by atoms with van der Waals surface area (Å²) in [6.45, 7) is 3.95. The Morgan fingerprint density at radius 1 is 0.952 bits per heavy atom. The zero-order chi connectivity index (χ0) is 15.2. The minimum atomic E-state index is -0.916. The number of ketones is 1. The fourth-order valence-electron chi connectivity index (χ4n) is 2.08. The van der Waals surface area contributed by atoms with E-state index in [0.717, 1.165) is 12.8 Å². The van der Waals surface area contributed by atoms with Gasteiger partial charge in [0.05, 0.1) is 6.54 Å². The zero-order valence-electron chi connectivity index (χ0n) is 14.1. The van der Waals surface area contributed by atoms with Gasteiger partial charge in [0.15, 0.2) is 0 Å². The molecule has 21 heavy (non-hydrogen) atoms. The molecule has 0 aromatic carbocycles. The molecule has 0 aliphatic heterocycles. The fraction of sp³-hybridized carbons (Fsp3) is 0.875. The predicted molar refractivity (Wildman–Crippen MR) is 82.0 cm³/mol. The molecule has 0 amide bonds. The summed E-state index contributed by atoms with van der Waals surface area (Å²) in [6, 6.07) is -0.651. The average Bonchev–Trinajstić information content (AvgIpc) is 2.42. The molecule has 1 atom stereocenters. The van der Waals surface area contributed by atoms with E-state index in [2.05, 4.69) is 12.2 Å². The van der Waals surface area contributed by atoms with E-state index in [-0.39, 0.29) is 41.9 Å². The van der Waals surface area contributed by atoms with Crippen LogP contribution in [0.25, 0.3) is 0 Å². The number of Topliss-reactive ketones (excluding diaryl/α,β-unsaturated/α-hetero) is 1. The largest absolute Gasteiger partial charge is 1.00 e. The molecule has 0 saturated heterocycles. The van der Waals surface area contributed by atoms with E-state index < -0.39 is 12.0 Å². The van der Waals surface area contributed by atoms with Crippen molar-refractivity contribution >= 4 is 11.8 Å². The van der Waals surface area contributed by atoms with Crippen molar-refractivity contribution in [3.05, 3.63) is 0 Å². The maximum absolute atomic E-state index is 11.5. The van der Waals surface area contributed by atoms with Crippen molar-refractivity contribution in [1.82, 2.24) is 5.32 Å². The first-order valence-corrected chi connectivity index (χ1v) is 8.05. The summed E-state index contributed by atoms with van der Waals surface area (Å²) in [4.78, 5) is 22.1. The van der Waals surface area contributed by atoms with E-state index in [4.69, 9.17) is 5.11 Å². The topological polar surface area (TPSA) is 66.4 Å². The number of aliphatic carboxylic acids is 1. The van der Waals surface area contributed by atoms with E-state index in [1.54, 1.807) is 6.92 Å². The second kappa shape index (κ2) is 16.5. The van der Waals surface area contributed by atoms with Crippen LogP contribution in [0.15, 0.2) is 0 Å². The third kappa shape index (κ3) is 16.3. The molecule has 0 fully saturated rings. The summed E-state index contributed by atoms with van der Waals surface area (Å²) in [5.74, 6) is -0.804. The van der Waals surface area contributed by atoms with Gasteiger partial charge in [-0.3, -0.25) is 14.9 Å². The van der Waals surface area contributed by atoms with Gasteiger partial charge in [-0.1, -0.05) is 58.3 Å². The van der Waals surface area contributed by atoms with E-state index in [1.807, 2.05) is 0 Å². The monoisotopic (exact) mass is 308 g/mol. The Hall–Kier alpha value is 0.100. The summed E-state index contributed by atoms with van der Waals surface area (Å²) >= 11 is 0. The van der Waals surface area contributed by atoms with Crippen LogP contribution in [0.1, 0.15) is 78.1 Å². The number of unbranched alkanes of at least 4 members (excludes halogenated alkanes) is 8. The molecule has 0 aromatic rings. The number of rotatable bonds is 14. The van der Waals surface area contributed by atoms with E-state index in [9.17, 15) is 9.59 Å². The molecule has 1 unspecified atom stereocenters. The SMILES string of the molecule is CCCCCCCCCCCC(=O)CNC(C)C(=O)O.[Na+]. The molecule has 0 saturated carbocycles. The van der Waals surface area contributed by atoms with Crippen LogP contribution in [0, 0.1) is 0 Å². The Bertz CT molecular complexity index is 272. The van der Waals surface area contributed by atoms with Crippen molar-refractivity contribution in [3.8, 4) is 0 Å². The Kier molecular flexibility index (Phi) is 18.3. The van der Waals surface area contributed by atoms with Crippen LogP contribution in [0.3, 0.4) is 0 Å². The quantitative estimate of drug-likeness (QED) is 0.363. The average molecular weight is 308 g/mol. The van der Waals surface area contributed by atoms with Gasteiger partial charge in [-0.2, -0.15) is 0 Å². The van der Waals surface area contributed by atoms with Crippen LogP contribution in [-0.4, -0.2) is 29.4 Å². The molecule has 2 N–H and O–H groups in total. The van der Waals surface area contributed by atoms with Gasteiger partial charge in [-0.05, 0) is 13.3 Å². The number of carboxylic acids is 1. The molecular weight excluding hydrogens is 277 g/mol. The van der Waals surface area contributed by atoms with Crippen LogP contribution < -0.4 is 34.9 Å². The van der Waals surface area contributed by atoms with Gasteiger partial charge in [-0.25, -0.2) is 0 Å². The minimum Gasteiger partial charge on any atom is -0.480 e. The molecule has 0 heterocycles. The molecular formula is C16H31NNaO3+. The van der Waals surface area contributed by atoms with Crippen molar-refractivity contribution in [2.24, 2.45) is 0 Å². The molecule has 0 bridgehead atoms. The summed E-state index contributed by atoms with van der Waals surface area (Å²) in [7, 11) is 0. The third-order valence-electron chi connectivity index (χ3n) is 3.54. The van der Waals surface area contributed by atoms with E-state index >= 15 is 0 Å². The first-order valence-electron chi connectivity index (χ1n) is 8.05. The number of nitrogens with one attached hydrogen (secondary N) is 1. The molecule has 0 aliphatic carbocycles. The summed E-state index contributed by atoms with van der Waals surface area (Å²) in [5.41, 5.74) is 0. The molecule has 4 nitrogen and oxygen atoms in total. The second-order valence-electron chi connectivity index (χ2n) is 5.56. The standard InChI is InChI=1S/C16H31NO3.Na/c1-3-4-5-6-7-8-9-10-11-12-15(18)13-17-14(2)16(19)20;/h14,17H,3-13H2,1-2H3,(H,19,20);/q;+1. The Morgan fingerprint density at radius 2 is 1.43 bits per heavy atom. The number of carbonyl (C=O) groups excluding carboxylic acids is 1.